The molecule has 4 heterocycles. The highest BCUT2D eigenvalue weighted by atomic mass is 16.6. The fourth-order valence-corrected chi connectivity index (χ4v) is 14.8. The van der Waals surface area contributed by atoms with Gasteiger partial charge in [-0.1, -0.05) is 30.3 Å². The lowest BCUT2D eigenvalue weighted by Gasteiger charge is -2.72. The molecule has 75 heavy (non-hydrogen) atoms. The van der Waals surface area contributed by atoms with E-state index in [1.807, 2.05) is 96.1 Å². The summed E-state index contributed by atoms with van der Waals surface area (Å²) in [5.41, 5.74) is 3.68. The molecule has 12 heteroatoms. The third kappa shape index (κ3) is 11.8. The molecule has 0 radical (unpaired) electrons. The molecule has 4 bridgehead atoms. The first-order valence-electron chi connectivity index (χ1n) is 28.8. The molecule has 3 aromatic rings. The van der Waals surface area contributed by atoms with Crippen LogP contribution in [0.25, 0.3) is 0 Å². The van der Waals surface area contributed by atoms with Gasteiger partial charge in [0.15, 0.2) is 0 Å². The Balaban J connectivity index is 0.000000174. The third-order valence-corrected chi connectivity index (χ3v) is 19.0. The number of nitrogens with zero attached hydrogens (tertiary/aromatic N) is 4. The minimum atomic E-state index is -0.574. The Hall–Kier alpha value is -4.94. The lowest BCUT2D eigenvalue weighted by Crippen LogP contribution is -2.77. The molecule has 0 amide bonds. The number of hydrogen-bond donors (Lipinski definition) is 1. The average Bonchev–Trinajstić information content (AvgIpc) is 3.33. The van der Waals surface area contributed by atoms with Crippen molar-refractivity contribution in [3.63, 3.8) is 0 Å². The van der Waals surface area contributed by atoms with Crippen molar-refractivity contribution in [1.29, 1.82) is 0 Å². The SMILES string of the molecule is CC(C)(C)OC(=O)c1ccc(N2CCC(CC3CCN(C45CC(C(=O)O)(C4)C5)CC3)CC2)cc1.CC(C)(C)OC(=O)c1ccc(N2CCC(CC3CCN(C45CC(C(=O)OCc6ccccc6)(C4)C5)CC3)CC2)cc1. The van der Waals surface area contributed by atoms with Gasteiger partial charge in [-0.15, -0.1) is 0 Å². The number of piperidine rings is 4. The van der Waals surface area contributed by atoms with E-state index in [1.54, 1.807) is 0 Å². The van der Waals surface area contributed by atoms with Crippen LogP contribution in [0, 0.1) is 34.5 Å². The second kappa shape index (κ2) is 21.1. The molecule has 0 aromatic heterocycles. The summed E-state index contributed by atoms with van der Waals surface area (Å²) in [6, 6.07) is 25.8. The number of benzene rings is 3. The predicted octanol–water partition coefficient (Wildman–Crippen LogP) is 11.6. The fourth-order valence-electron chi connectivity index (χ4n) is 14.8. The van der Waals surface area contributed by atoms with Crippen LogP contribution in [0.1, 0.15) is 171 Å². The van der Waals surface area contributed by atoms with Gasteiger partial charge in [0.25, 0.3) is 0 Å². The van der Waals surface area contributed by atoms with Crippen LogP contribution < -0.4 is 9.80 Å². The summed E-state index contributed by atoms with van der Waals surface area (Å²) in [5, 5.41) is 9.39. The van der Waals surface area contributed by atoms with Crippen LogP contribution in [0.3, 0.4) is 0 Å². The molecule has 4 saturated heterocycles. The number of esters is 3. The number of rotatable bonds is 14. The minimum Gasteiger partial charge on any atom is -0.481 e. The molecule has 3 aromatic carbocycles. The normalized spacial score (nSPS) is 28.6. The van der Waals surface area contributed by atoms with Gasteiger partial charge in [0.2, 0.25) is 0 Å². The van der Waals surface area contributed by atoms with Crippen molar-refractivity contribution in [3.05, 3.63) is 95.6 Å². The highest BCUT2D eigenvalue weighted by Crippen LogP contribution is 2.71. The van der Waals surface area contributed by atoms with Gasteiger partial charge < -0.3 is 29.1 Å². The maximum Gasteiger partial charge on any atom is 0.338 e. The van der Waals surface area contributed by atoms with E-state index in [9.17, 15) is 24.3 Å². The predicted molar refractivity (Wildman–Crippen MR) is 293 cm³/mol. The summed E-state index contributed by atoms with van der Waals surface area (Å²) in [7, 11) is 0. The van der Waals surface area contributed by atoms with Crippen molar-refractivity contribution >= 4 is 35.3 Å². The summed E-state index contributed by atoms with van der Waals surface area (Å²) in [5.74, 6) is 2.18. The van der Waals surface area contributed by atoms with E-state index in [0.717, 1.165) is 107 Å². The molecule has 12 nitrogen and oxygen atoms in total. The largest absolute Gasteiger partial charge is 0.481 e. The quantitative estimate of drug-likeness (QED) is 0.122. The number of anilines is 2. The Kier molecular flexibility index (Phi) is 15.1. The van der Waals surface area contributed by atoms with E-state index in [0.29, 0.717) is 17.7 Å². The number of hydrogen-bond acceptors (Lipinski definition) is 11. The first kappa shape index (κ1) is 53.5. The smallest absolute Gasteiger partial charge is 0.338 e. The van der Waals surface area contributed by atoms with Gasteiger partial charge in [0.1, 0.15) is 17.8 Å². The Morgan fingerprint density at radius 2 is 0.840 bits per heavy atom. The van der Waals surface area contributed by atoms with Crippen molar-refractivity contribution in [2.75, 3.05) is 62.2 Å². The maximum atomic E-state index is 12.8. The molecule has 6 saturated carbocycles. The second-order valence-corrected chi connectivity index (χ2v) is 26.7. The van der Waals surface area contributed by atoms with Crippen LogP contribution in [0.2, 0.25) is 0 Å². The number of carbonyl (C=O) groups excluding carboxylic acids is 3. The van der Waals surface area contributed by atoms with E-state index >= 15 is 0 Å². The Labute approximate surface area is 447 Å². The lowest BCUT2D eigenvalue weighted by atomic mass is 9.38. The fraction of sp³-hybridized carbons (Fsp3) is 0.651. The molecule has 10 aliphatic rings. The van der Waals surface area contributed by atoms with Crippen LogP contribution in [0.4, 0.5) is 11.4 Å². The molecule has 1 N–H and O–H groups in total. The van der Waals surface area contributed by atoms with E-state index < -0.39 is 17.2 Å². The lowest BCUT2D eigenvalue weighted by molar-refractivity contribution is -0.240. The van der Waals surface area contributed by atoms with Gasteiger partial charge in [-0.05, 0) is 248 Å². The molecule has 0 spiro atoms. The summed E-state index contributed by atoms with van der Waals surface area (Å²) < 4.78 is 16.7. The molecule has 13 rings (SSSR count). The highest BCUT2D eigenvalue weighted by Gasteiger charge is 2.75. The number of carboxylic acids is 1. The number of carboxylic acid groups (broad SMARTS) is 1. The zero-order valence-electron chi connectivity index (χ0n) is 46.1. The Bertz CT molecular complexity index is 2440. The van der Waals surface area contributed by atoms with Crippen LogP contribution in [-0.4, -0.2) is 113 Å². The van der Waals surface area contributed by atoms with Crippen LogP contribution in [0.15, 0.2) is 78.9 Å². The van der Waals surface area contributed by atoms with Crippen molar-refractivity contribution in [1.82, 2.24) is 9.80 Å². The van der Waals surface area contributed by atoms with E-state index in [-0.39, 0.29) is 39.8 Å². The highest BCUT2D eigenvalue weighted by molar-refractivity contribution is 5.90. The second-order valence-electron chi connectivity index (χ2n) is 26.7. The van der Waals surface area contributed by atoms with Crippen LogP contribution in [0.5, 0.6) is 0 Å². The monoisotopic (exact) mass is 1030 g/mol. The van der Waals surface area contributed by atoms with E-state index in [2.05, 4.69) is 43.9 Å². The molecule has 0 unspecified atom stereocenters. The van der Waals surface area contributed by atoms with E-state index in [1.165, 1.54) is 88.7 Å². The zero-order chi connectivity index (χ0) is 52.8. The van der Waals surface area contributed by atoms with Gasteiger partial charge in [-0.3, -0.25) is 19.4 Å². The summed E-state index contributed by atoms with van der Waals surface area (Å²) in [6.45, 7) is 20.7. The number of likely N-dealkylation sites (tertiary alicyclic amines) is 2. The van der Waals surface area contributed by atoms with Gasteiger partial charge >= 0.3 is 23.9 Å². The van der Waals surface area contributed by atoms with Crippen molar-refractivity contribution in [2.24, 2.45) is 34.5 Å². The minimum absolute atomic E-state index is 0.0171. The van der Waals surface area contributed by atoms with Gasteiger partial charge in [0.05, 0.1) is 22.0 Å². The molecule has 10 fully saturated rings. The molecular weight excluding hydrogens is 941 g/mol. The number of ether oxygens (including phenoxy) is 3. The molecular formula is C63H86N4O8. The Morgan fingerprint density at radius 3 is 1.19 bits per heavy atom. The third-order valence-electron chi connectivity index (χ3n) is 19.0. The van der Waals surface area contributed by atoms with Crippen LogP contribution >= 0.6 is 0 Å². The maximum absolute atomic E-state index is 12.8. The molecule has 4 aliphatic heterocycles. The molecule has 0 atom stereocenters. The van der Waals surface area contributed by atoms with Crippen LogP contribution in [-0.2, 0) is 30.4 Å². The van der Waals surface area contributed by atoms with Gasteiger partial charge in [0, 0.05) is 48.6 Å². The topological polar surface area (TPSA) is 129 Å². The zero-order valence-corrected chi connectivity index (χ0v) is 46.1. The summed E-state index contributed by atoms with van der Waals surface area (Å²) >= 11 is 0. The van der Waals surface area contributed by atoms with E-state index in [4.69, 9.17) is 14.2 Å². The first-order chi connectivity index (χ1) is 35.7. The van der Waals surface area contributed by atoms with Crippen molar-refractivity contribution in [3.8, 4) is 0 Å². The molecule has 6 aliphatic carbocycles. The molecule has 406 valence electrons. The Morgan fingerprint density at radius 1 is 0.493 bits per heavy atom. The van der Waals surface area contributed by atoms with Gasteiger partial charge in [-0.25, -0.2) is 9.59 Å². The standard InChI is InChI=1S/C35H46N2O4.C28H40N2O4/c1-33(2,3)41-31(38)29-9-11-30(12-10-29)36-17-13-26(14-18-36)21-27-15-19-37(20-16-27)35-23-34(24-35,25-35)32(39)40-22-28-7-5-4-6-8-28;1-26(2,3)34-24(31)22-4-6-23(7-5-22)29-12-8-20(9-13-29)16-21-10-14-30(15-11-21)28-17-27(18-28,19-28)25(32)33/h4-12,26-27H,13-25H2,1-3H3;4-7,20-21H,8-19H2,1-3H3,(H,32,33). The first-order valence-corrected chi connectivity index (χ1v) is 28.8. The summed E-state index contributed by atoms with van der Waals surface area (Å²) in [6.07, 6.45) is 18.4. The van der Waals surface area contributed by atoms with Crippen molar-refractivity contribution < 1.29 is 38.5 Å². The number of aliphatic carboxylic acids is 1. The number of carbonyl (C=O) groups is 4. The van der Waals surface area contributed by atoms with Gasteiger partial charge in [-0.2, -0.15) is 0 Å². The summed E-state index contributed by atoms with van der Waals surface area (Å²) in [4.78, 5) is 59.0. The average molecular weight is 1030 g/mol. The van der Waals surface area contributed by atoms with Crippen molar-refractivity contribution in [2.45, 2.75) is 173 Å².